The van der Waals surface area contributed by atoms with Crippen LogP contribution in [0.15, 0.2) is 30.5 Å². The van der Waals surface area contributed by atoms with Gasteiger partial charge in [0.2, 0.25) is 23.6 Å². The normalized spacial score (nSPS) is 14.4. The maximum Gasteiger partial charge on any atom is 0.326 e. The number of nitrogens with two attached hydrogens (primary N) is 2. The van der Waals surface area contributed by atoms with Gasteiger partial charge in [-0.25, -0.2) is 4.79 Å². The first kappa shape index (κ1) is 29.3. The zero-order valence-electron chi connectivity index (χ0n) is 21.2. The summed E-state index contributed by atoms with van der Waals surface area (Å²) in [6.07, 6.45) is 1.96. The first-order valence-electron chi connectivity index (χ1n) is 12.1. The molecule has 9 N–H and O–H groups in total. The molecule has 2 rings (SSSR count). The number of para-hydroxylation sites is 1. The molecule has 0 fully saturated rings. The van der Waals surface area contributed by atoms with Crippen LogP contribution in [0.25, 0.3) is 10.9 Å². The number of benzene rings is 1. The topological polar surface area (TPSA) is 210 Å². The number of nitrogens with one attached hydrogen (secondary N) is 4. The van der Waals surface area contributed by atoms with Gasteiger partial charge in [0.1, 0.15) is 18.1 Å². The zero-order chi connectivity index (χ0) is 27.7. The van der Waals surface area contributed by atoms with Crippen molar-refractivity contribution < 1.29 is 29.1 Å². The molecule has 0 aliphatic rings. The Hall–Kier alpha value is -3.93. The third-order valence-electron chi connectivity index (χ3n) is 5.84. The van der Waals surface area contributed by atoms with Crippen molar-refractivity contribution in [2.45, 2.75) is 70.6 Å². The van der Waals surface area contributed by atoms with Crippen LogP contribution in [0.3, 0.4) is 0 Å². The predicted molar refractivity (Wildman–Crippen MR) is 137 cm³/mol. The number of aliphatic carboxylic acids is 1. The Morgan fingerprint density at radius 2 is 1.59 bits per heavy atom. The number of carboxylic acids is 1. The first-order chi connectivity index (χ1) is 17.4. The van der Waals surface area contributed by atoms with Gasteiger partial charge in [-0.1, -0.05) is 32.0 Å². The standard InChI is InChI=1S/C25H36N6O6/c1-13(2)10-20(25(36)37)31-24(35)19(11-15-12-28-18-7-5-4-6-16(15)18)30-22(33)14(3)29-23(34)17(26)8-9-21(27)32/h4-7,12-14,17,19-20,28H,8-11,26H2,1-3H3,(H2,27,32)(H,29,34)(H,30,33)(H,31,35)(H,36,37). The first-order valence-corrected chi connectivity index (χ1v) is 12.1. The second kappa shape index (κ2) is 13.4. The highest BCUT2D eigenvalue weighted by molar-refractivity contribution is 5.94. The number of aromatic nitrogens is 1. The number of amides is 4. The summed E-state index contributed by atoms with van der Waals surface area (Å²) in [4.78, 5) is 64.2. The molecule has 0 radical (unpaired) electrons. The van der Waals surface area contributed by atoms with E-state index in [9.17, 15) is 29.1 Å². The quantitative estimate of drug-likeness (QED) is 0.181. The third-order valence-corrected chi connectivity index (χ3v) is 5.84. The highest BCUT2D eigenvalue weighted by Crippen LogP contribution is 2.19. The molecule has 0 aliphatic carbocycles. The molecule has 37 heavy (non-hydrogen) atoms. The average Bonchev–Trinajstić information content (AvgIpc) is 3.23. The van der Waals surface area contributed by atoms with Crippen LogP contribution in [-0.4, -0.2) is 63.9 Å². The monoisotopic (exact) mass is 516 g/mol. The fraction of sp³-hybridized carbons (Fsp3) is 0.480. The second-order valence-electron chi connectivity index (χ2n) is 9.50. The van der Waals surface area contributed by atoms with Crippen LogP contribution in [0, 0.1) is 5.92 Å². The van der Waals surface area contributed by atoms with Crippen LogP contribution >= 0.6 is 0 Å². The summed E-state index contributed by atoms with van der Waals surface area (Å²) in [5, 5.41) is 18.0. The van der Waals surface area contributed by atoms with Gasteiger partial charge in [0.05, 0.1) is 6.04 Å². The highest BCUT2D eigenvalue weighted by atomic mass is 16.4. The summed E-state index contributed by atoms with van der Waals surface area (Å²) in [7, 11) is 0. The minimum atomic E-state index is -1.18. The van der Waals surface area contributed by atoms with E-state index in [4.69, 9.17) is 11.5 Å². The smallest absolute Gasteiger partial charge is 0.326 e. The molecule has 0 saturated heterocycles. The predicted octanol–water partition coefficient (Wildman–Crippen LogP) is -0.0918. The lowest BCUT2D eigenvalue weighted by Gasteiger charge is -2.24. The second-order valence-corrected chi connectivity index (χ2v) is 9.50. The van der Waals surface area contributed by atoms with Gasteiger partial charge >= 0.3 is 5.97 Å². The largest absolute Gasteiger partial charge is 0.480 e. The minimum Gasteiger partial charge on any atom is -0.480 e. The number of carbonyl (C=O) groups excluding carboxylic acids is 4. The van der Waals surface area contributed by atoms with Gasteiger partial charge in [-0.05, 0) is 37.3 Å². The Morgan fingerprint density at radius 3 is 2.22 bits per heavy atom. The molecule has 1 heterocycles. The molecule has 0 saturated carbocycles. The van der Waals surface area contributed by atoms with Crippen molar-refractivity contribution in [3.63, 3.8) is 0 Å². The van der Waals surface area contributed by atoms with E-state index in [0.717, 1.165) is 16.5 Å². The van der Waals surface area contributed by atoms with E-state index in [1.165, 1.54) is 6.92 Å². The van der Waals surface area contributed by atoms with Crippen LogP contribution < -0.4 is 27.4 Å². The molecule has 2 aromatic rings. The maximum atomic E-state index is 13.2. The number of primary amides is 1. The summed E-state index contributed by atoms with van der Waals surface area (Å²) in [6, 6.07) is 3.09. The zero-order valence-corrected chi connectivity index (χ0v) is 21.2. The Bertz CT molecular complexity index is 1130. The van der Waals surface area contributed by atoms with E-state index in [0.29, 0.717) is 0 Å². The van der Waals surface area contributed by atoms with E-state index < -0.39 is 53.8 Å². The van der Waals surface area contributed by atoms with Crippen LogP contribution in [0.5, 0.6) is 0 Å². The van der Waals surface area contributed by atoms with Crippen LogP contribution in [0.4, 0.5) is 0 Å². The van der Waals surface area contributed by atoms with E-state index in [-0.39, 0.29) is 31.6 Å². The molecule has 1 aromatic heterocycles. The van der Waals surface area contributed by atoms with E-state index in [1.54, 1.807) is 6.20 Å². The molecule has 0 bridgehead atoms. The molecule has 4 amide bonds. The Labute approximate surface area is 214 Å². The SMILES string of the molecule is CC(C)CC(NC(=O)C(Cc1c[nH]c2ccccc12)NC(=O)C(C)NC(=O)C(N)CCC(N)=O)C(=O)O. The highest BCUT2D eigenvalue weighted by Gasteiger charge is 2.30. The van der Waals surface area contributed by atoms with Crippen LogP contribution in [0.1, 0.15) is 45.6 Å². The van der Waals surface area contributed by atoms with Crippen molar-refractivity contribution in [2.75, 3.05) is 0 Å². The Balaban J connectivity index is 2.18. The molecule has 12 nitrogen and oxygen atoms in total. The lowest BCUT2D eigenvalue weighted by atomic mass is 10.0. The number of hydrogen-bond donors (Lipinski definition) is 7. The molecule has 12 heteroatoms. The van der Waals surface area contributed by atoms with E-state index in [2.05, 4.69) is 20.9 Å². The maximum absolute atomic E-state index is 13.2. The van der Waals surface area contributed by atoms with Crippen molar-refractivity contribution in [3.8, 4) is 0 Å². The molecular formula is C25H36N6O6. The number of rotatable bonds is 14. The van der Waals surface area contributed by atoms with Crippen LogP contribution in [0.2, 0.25) is 0 Å². The van der Waals surface area contributed by atoms with Gasteiger partial charge in [0, 0.05) is 29.9 Å². The number of H-pyrrole nitrogens is 1. The van der Waals surface area contributed by atoms with Crippen molar-refractivity contribution >= 4 is 40.5 Å². The van der Waals surface area contributed by atoms with E-state index >= 15 is 0 Å². The van der Waals surface area contributed by atoms with Crippen molar-refractivity contribution in [1.82, 2.24) is 20.9 Å². The molecule has 1 aromatic carbocycles. The lowest BCUT2D eigenvalue weighted by Crippen LogP contribution is -2.57. The Morgan fingerprint density at radius 1 is 0.946 bits per heavy atom. The van der Waals surface area contributed by atoms with Gasteiger partial charge in [0.15, 0.2) is 0 Å². The Kier molecular flexibility index (Phi) is 10.6. The van der Waals surface area contributed by atoms with E-state index in [1.807, 2.05) is 38.1 Å². The third kappa shape index (κ3) is 8.90. The van der Waals surface area contributed by atoms with Crippen LogP contribution in [-0.2, 0) is 30.4 Å². The molecule has 4 unspecified atom stereocenters. The number of hydrogen-bond acceptors (Lipinski definition) is 6. The summed E-state index contributed by atoms with van der Waals surface area (Å²) >= 11 is 0. The van der Waals surface area contributed by atoms with Gasteiger partial charge in [-0.15, -0.1) is 0 Å². The van der Waals surface area contributed by atoms with Gasteiger partial charge in [-0.3, -0.25) is 19.2 Å². The summed E-state index contributed by atoms with van der Waals surface area (Å²) in [5.74, 6) is -3.74. The summed E-state index contributed by atoms with van der Waals surface area (Å²) < 4.78 is 0. The number of carboxylic acid groups (broad SMARTS) is 1. The van der Waals surface area contributed by atoms with Gasteiger partial charge in [0.25, 0.3) is 0 Å². The fourth-order valence-electron chi connectivity index (χ4n) is 3.81. The molecule has 0 aliphatic heterocycles. The number of aromatic amines is 1. The van der Waals surface area contributed by atoms with Crippen molar-refractivity contribution in [1.29, 1.82) is 0 Å². The number of carbonyl (C=O) groups is 5. The minimum absolute atomic E-state index is 0.0112. The lowest BCUT2D eigenvalue weighted by molar-refractivity contribution is -0.142. The van der Waals surface area contributed by atoms with Crippen molar-refractivity contribution in [3.05, 3.63) is 36.0 Å². The number of fused-ring (bicyclic) bond motifs is 1. The summed E-state index contributed by atoms with van der Waals surface area (Å²) in [5.41, 5.74) is 12.4. The molecule has 0 spiro atoms. The van der Waals surface area contributed by atoms with Gasteiger partial charge < -0.3 is 37.5 Å². The molecular weight excluding hydrogens is 480 g/mol. The summed E-state index contributed by atoms with van der Waals surface area (Å²) in [6.45, 7) is 5.10. The molecule has 4 atom stereocenters. The van der Waals surface area contributed by atoms with Gasteiger partial charge in [-0.2, -0.15) is 0 Å². The fourth-order valence-corrected chi connectivity index (χ4v) is 3.81. The molecule has 202 valence electrons. The average molecular weight is 517 g/mol. The van der Waals surface area contributed by atoms with Crippen molar-refractivity contribution in [2.24, 2.45) is 17.4 Å².